The zero-order valence-corrected chi connectivity index (χ0v) is 10.0. The molecule has 0 radical (unpaired) electrons. The Morgan fingerprint density at radius 2 is 1.59 bits per heavy atom. The summed E-state index contributed by atoms with van der Waals surface area (Å²) >= 11 is 0. The number of benzene rings is 1. The van der Waals surface area contributed by atoms with Crippen LogP contribution in [0.25, 0.3) is 0 Å². The van der Waals surface area contributed by atoms with Crippen molar-refractivity contribution in [2.24, 2.45) is 5.41 Å². The van der Waals surface area contributed by atoms with Gasteiger partial charge in [0.05, 0.1) is 0 Å². The van der Waals surface area contributed by atoms with Crippen molar-refractivity contribution in [2.75, 3.05) is 0 Å². The van der Waals surface area contributed by atoms with E-state index in [1.807, 2.05) is 0 Å². The molecule has 2 N–H and O–H groups in total. The molecule has 0 atom stereocenters. The Morgan fingerprint density at radius 3 is 2.06 bits per heavy atom. The molecule has 2 amide bonds. The highest BCUT2D eigenvalue weighted by molar-refractivity contribution is 5.95. The molecule has 0 unspecified atom stereocenters. The first kappa shape index (κ1) is 13.2. The molecule has 0 heterocycles. The number of carbonyl (C=O) groups is 2. The van der Waals surface area contributed by atoms with E-state index in [9.17, 15) is 14.0 Å². The van der Waals surface area contributed by atoms with Gasteiger partial charge < -0.3 is 0 Å². The predicted octanol–water partition coefficient (Wildman–Crippen LogP) is 1.63. The van der Waals surface area contributed by atoms with Gasteiger partial charge in [-0.25, -0.2) is 4.39 Å². The number of halogens is 1. The van der Waals surface area contributed by atoms with Crippen molar-refractivity contribution in [1.29, 1.82) is 0 Å². The van der Waals surface area contributed by atoms with E-state index < -0.39 is 17.1 Å². The molecule has 0 saturated carbocycles. The summed E-state index contributed by atoms with van der Waals surface area (Å²) in [4.78, 5) is 23.0. The van der Waals surface area contributed by atoms with Gasteiger partial charge in [0.2, 0.25) is 5.91 Å². The summed E-state index contributed by atoms with van der Waals surface area (Å²) < 4.78 is 12.6. The minimum absolute atomic E-state index is 0.278. The van der Waals surface area contributed by atoms with Gasteiger partial charge in [0.15, 0.2) is 0 Å². The lowest BCUT2D eigenvalue weighted by atomic mass is 9.96. The van der Waals surface area contributed by atoms with E-state index in [0.717, 1.165) is 0 Å². The number of hydrogen-bond donors (Lipinski definition) is 2. The van der Waals surface area contributed by atoms with Crippen LogP contribution in [-0.4, -0.2) is 11.8 Å². The summed E-state index contributed by atoms with van der Waals surface area (Å²) in [6.45, 7) is 5.19. The van der Waals surface area contributed by atoms with E-state index in [0.29, 0.717) is 0 Å². The lowest BCUT2D eigenvalue weighted by molar-refractivity contribution is -0.129. The van der Waals surface area contributed by atoms with E-state index in [2.05, 4.69) is 10.9 Å². The summed E-state index contributed by atoms with van der Waals surface area (Å²) in [5.74, 6) is -1.20. The lowest BCUT2D eigenvalue weighted by Gasteiger charge is -2.17. The maximum Gasteiger partial charge on any atom is 0.269 e. The van der Waals surface area contributed by atoms with Crippen LogP contribution < -0.4 is 10.9 Å². The number of rotatable bonds is 1. The zero-order chi connectivity index (χ0) is 13.1. The maximum atomic E-state index is 12.6. The SMILES string of the molecule is CC(C)(C)C(=O)NNC(=O)c1ccc(F)cc1. The summed E-state index contributed by atoms with van der Waals surface area (Å²) in [6, 6.07) is 5.04. The van der Waals surface area contributed by atoms with Crippen LogP contribution in [0.2, 0.25) is 0 Å². The van der Waals surface area contributed by atoms with Gasteiger partial charge in [-0.2, -0.15) is 0 Å². The molecular weight excluding hydrogens is 223 g/mol. The molecule has 0 spiro atoms. The Hall–Kier alpha value is -1.91. The molecule has 5 heteroatoms. The summed E-state index contributed by atoms with van der Waals surface area (Å²) in [5, 5.41) is 0. The first-order valence-corrected chi connectivity index (χ1v) is 5.17. The second-order valence-corrected chi connectivity index (χ2v) is 4.67. The molecule has 1 rings (SSSR count). The van der Waals surface area contributed by atoms with Gasteiger partial charge in [0.25, 0.3) is 5.91 Å². The first-order valence-electron chi connectivity index (χ1n) is 5.17. The molecule has 1 aromatic rings. The molecule has 92 valence electrons. The highest BCUT2D eigenvalue weighted by Crippen LogP contribution is 2.11. The third kappa shape index (κ3) is 3.86. The quantitative estimate of drug-likeness (QED) is 0.731. The summed E-state index contributed by atoms with van der Waals surface area (Å²) in [5.41, 5.74) is 4.26. The van der Waals surface area contributed by atoms with Crippen molar-refractivity contribution >= 4 is 11.8 Å². The minimum atomic E-state index is -0.587. The van der Waals surface area contributed by atoms with Gasteiger partial charge in [-0.1, -0.05) is 20.8 Å². The van der Waals surface area contributed by atoms with Gasteiger partial charge >= 0.3 is 0 Å². The molecule has 4 nitrogen and oxygen atoms in total. The number of amides is 2. The Balaban J connectivity index is 2.56. The fourth-order valence-corrected chi connectivity index (χ4v) is 0.974. The Labute approximate surface area is 99.2 Å². The Kier molecular flexibility index (Phi) is 3.83. The molecule has 0 aromatic heterocycles. The van der Waals surface area contributed by atoms with Crippen molar-refractivity contribution in [1.82, 2.24) is 10.9 Å². The van der Waals surface area contributed by atoms with Crippen LogP contribution >= 0.6 is 0 Å². The largest absolute Gasteiger partial charge is 0.273 e. The molecule has 0 bridgehead atoms. The topological polar surface area (TPSA) is 58.2 Å². The fraction of sp³-hybridized carbons (Fsp3) is 0.333. The molecular formula is C12H15FN2O2. The smallest absolute Gasteiger partial charge is 0.269 e. The van der Waals surface area contributed by atoms with E-state index >= 15 is 0 Å². The van der Waals surface area contributed by atoms with Gasteiger partial charge in [0.1, 0.15) is 5.82 Å². The van der Waals surface area contributed by atoms with Crippen LogP contribution in [-0.2, 0) is 4.79 Å². The van der Waals surface area contributed by atoms with E-state index in [1.54, 1.807) is 20.8 Å². The number of nitrogens with one attached hydrogen (secondary N) is 2. The van der Waals surface area contributed by atoms with Crippen LogP contribution in [0.15, 0.2) is 24.3 Å². The average Bonchev–Trinajstić information content (AvgIpc) is 2.25. The van der Waals surface area contributed by atoms with Crippen LogP contribution in [0.3, 0.4) is 0 Å². The molecule has 0 aliphatic heterocycles. The first-order chi connectivity index (χ1) is 7.80. The normalized spacial score (nSPS) is 10.8. The summed E-state index contributed by atoms with van der Waals surface area (Å²) in [7, 11) is 0. The maximum absolute atomic E-state index is 12.6. The van der Waals surface area contributed by atoms with Crippen molar-refractivity contribution in [2.45, 2.75) is 20.8 Å². The molecule has 17 heavy (non-hydrogen) atoms. The predicted molar refractivity (Wildman–Crippen MR) is 61.5 cm³/mol. The second-order valence-electron chi connectivity index (χ2n) is 4.67. The third-order valence-electron chi connectivity index (χ3n) is 2.08. The van der Waals surface area contributed by atoms with Crippen LogP contribution in [0.4, 0.5) is 4.39 Å². The number of carbonyl (C=O) groups excluding carboxylic acids is 2. The zero-order valence-electron chi connectivity index (χ0n) is 10.0. The minimum Gasteiger partial charge on any atom is -0.273 e. The van der Waals surface area contributed by atoms with Crippen molar-refractivity contribution in [3.05, 3.63) is 35.6 Å². The van der Waals surface area contributed by atoms with Gasteiger partial charge in [-0.05, 0) is 24.3 Å². The van der Waals surface area contributed by atoms with Gasteiger partial charge in [-0.3, -0.25) is 20.4 Å². The Bertz CT molecular complexity index is 421. The highest BCUT2D eigenvalue weighted by Gasteiger charge is 2.21. The highest BCUT2D eigenvalue weighted by atomic mass is 19.1. The van der Waals surface area contributed by atoms with Crippen LogP contribution in [0.5, 0.6) is 0 Å². The van der Waals surface area contributed by atoms with E-state index in [1.165, 1.54) is 24.3 Å². The van der Waals surface area contributed by atoms with Crippen molar-refractivity contribution in [3.8, 4) is 0 Å². The fourth-order valence-electron chi connectivity index (χ4n) is 0.974. The summed E-state index contributed by atoms with van der Waals surface area (Å²) in [6.07, 6.45) is 0. The van der Waals surface area contributed by atoms with Gasteiger partial charge in [0, 0.05) is 11.0 Å². The average molecular weight is 238 g/mol. The third-order valence-corrected chi connectivity index (χ3v) is 2.08. The molecule has 0 fully saturated rings. The monoisotopic (exact) mass is 238 g/mol. The van der Waals surface area contributed by atoms with Gasteiger partial charge in [-0.15, -0.1) is 0 Å². The molecule has 0 saturated heterocycles. The Morgan fingerprint density at radius 1 is 1.06 bits per heavy atom. The van der Waals surface area contributed by atoms with Crippen molar-refractivity contribution in [3.63, 3.8) is 0 Å². The van der Waals surface area contributed by atoms with E-state index in [4.69, 9.17) is 0 Å². The second kappa shape index (κ2) is 4.95. The molecule has 1 aromatic carbocycles. The molecule has 0 aliphatic carbocycles. The standard InChI is InChI=1S/C12H15FN2O2/c1-12(2,3)11(17)15-14-10(16)8-4-6-9(13)7-5-8/h4-7H,1-3H3,(H,14,16)(H,15,17). The van der Waals surface area contributed by atoms with Crippen molar-refractivity contribution < 1.29 is 14.0 Å². The molecule has 0 aliphatic rings. The van der Waals surface area contributed by atoms with E-state index in [-0.39, 0.29) is 11.5 Å². The van der Waals surface area contributed by atoms with Crippen LogP contribution in [0.1, 0.15) is 31.1 Å². The lowest BCUT2D eigenvalue weighted by Crippen LogP contribution is -2.46. The number of hydrazine groups is 1. The van der Waals surface area contributed by atoms with Crippen LogP contribution in [0, 0.1) is 11.2 Å². The number of hydrogen-bond acceptors (Lipinski definition) is 2.